The van der Waals surface area contributed by atoms with Crippen LogP contribution in [0, 0.1) is 10.1 Å². The number of carbonyl (C=O) groups is 2. The summed E-state index contributed by atoms with van der Waals surface area (Å²) in [6.45, 7) is 1.90. The fourth-order valence-corrected chi connectivity index (χ4v) is 2.78. The summed E-state index contributed by atoms with van der Waals surface area (Å²) < 4.78 is 0. The maximum Gasteiger partial charge on any atom is 0.269 e. The van der Waals surface area contributed by atoms with E-state index in [9.17, 15) is 19.7 Å². The first-order valence-electron chi connectivity index (χ1n) is 8.96. The van der Waals surface area contributed by atoms with Gasteiger partial charge < -0.3 is 10.6 Å². The lowest BCUT2D eigenvalue weighted by Crippen LogP contribution is -2.26. The van der Waals surface area contributed by atoms with Gasteiger partial charge in [-0.1, -0.05) is 36.4 Å². The second-order valence-corrected chi connectivity index (χ2v) is 6.44. The lowest BCUT2D eigenvalue weighted by atomic mass is 10.1. The van der Waals surface area contributed by atoms with E-state index in [1.807, 2.05) is 37.3 Å². The maximum atomic E-state index is 12.6. The molecule has 0 aliphatic carbocycles. The summed E-state index contributed by atoms with van der Waals surface area (Å²) in [5, 5.41) is 16.3. The van der Waals surface area contributed by atoms with Crippen LogP contribution in [0.15, 0.2) is 78.9 Å². The average Bonchev–Trinajstić information content (AvgIpc) is 2.74. The number of anilines is 1. The number of hydrogen-bond donors (Lipinski definition) is 2. The van der Waals surface area contributed by atoms with E-state index >= 15 is 0 Å². The smallest absolute Gasteiger partial charge is 0.269 e. The van der Waals surface area contributed by atoms with Crippen LogP contribution in [0.5, 0.6) is 0 Å². The third-order valence-electron chi connectivity index (χ3n) is 4.37. The number of benzene rings is 3. The van der Waals surface area contributed by atoms with Crippen molar-refractivity contribution in [3.05, 3.63) is 106 Å². The van der Waals surface area contributed by atoms with Crippen LogP contribution in [0.25, 0.3) is 0 Å². The molecule has 146 valence electrons. The lowest BCUT2D eigenvalue weighted by Gasteiger charge is -2.15. The third kappa shape index (κ3) is 5.04. The molecule has 0 aliphatic rings. The van der Waals surface area contributed by atoms with E-state index < -0.39 is 10.8 Å². The Bertz CT molecular complexity index is 1030. The summed E-state index contributed by atoms with van der Waals surface area (Å²) in [6, 6.07) is 21.3. The predicted octanol–water partition coefficient (Wildman–Crippen LogP) is 4.34. The summed E-state index contributed by atoms with van der Waals surface area (Å²) in [4.78, 5) is 35.1. The minimum atomic E-state index is -0.528. The average molecular weight is 389 g/mol. The van der Waals surface area contributed by atoms with E-state index in [0.29, 0.717) is 11.3 Å². The number of nitrogens with one attached hydrogen (secondary N) is 2. The van der Waals surface area contributed by atoms with E-state index in [1.165, 1.54) is 24.3 Å². The normalized spacial score (nSPS) is 11.3. The molecule has 3 aromatic rings. The summed E-state index contributed by atoms with van der Waals surface area (Å²) in [5.74, 6) is -0.678. The van der Waals surface area contributed by atoms with Crippen molar-refractivity contribution >= 4 is 23.2 Å². The maximum absolute atomic E-state index is 12.6. The Kier molecular flexibility index (Phi) is 5.99. The van der Waals surface area contributed by atoms with Crippen LogP contribution in [-0.2, 0) is 0 Å². The van der Waals surface area contributed by atoms with Crippen LogP contribution in [0.1, 0.15) is 39.2 Å². The number of nitro groups is 1. The molecule has 2 N–H and O–H groups in total. The van der Waals surface area contributed by atoms with E-state index in [-0.39, 0.29) is 23.2 Å². The molecule has 0 heterocycles. The molecule has 0 spiro atoms. The highest BCUT2D eigenvalue weighted by atomic mass is 16.6. The molecule has 7 nitrogen and oxygen atoms in total. The highest BCUT2D eigenvalue weighted by Crippen LogP contribution is 2.17. The predicted molar refractivity (Wildman–Crippen MR) is 110 cm³/mol. The summed E-state index contributed by atoms with van der Waals surface area (Å²) in [5.41, 5.74) is 2.04. The summed E-state index contributed by atoms with van der Waals surface area (Å²) in [6.07, 6.45) is 0. The zero-order chi connectivity index (χ0) is 20.8. The lowest BCUT2D eigenvalue weighted by molar-refractivity contribution is -0.384. The van der Waals surface area contributed by atoms with Crippen molar-refractivity contribution in [1.29, 1.82) is 0 Å². The van der Waals surface area contributed by atoms with Gasteiger partial charge in [-0.05, 0) is 42.8 Å². The van der Waals surface area contributed by atoms with Crippen LogP contribution in [0.2, 0.25) is 0 Å². The third-order valence-corrected chi connectivity index (χ3v) is 4.37. The Balaban J connectivity index is 1.68. The Labute approximate surface area is 167 Å². The van der Waals surface area contributed by atoms with Crippen molar-refractivity contribution in [3.63, 3.8) is 0 Å². The summed E-state index contributed by atoms with van der Waals surface area (Å²) in [7, 11) is 0. The summed E-state index contributed by atoms with van der Waals surface area (Å²) >= 11 is 0. The van der Waals surface area contributed by atoms with E-state index in [2.05, 4.69) is 10.6 Å². The van der Waals surface area contributed by atoms with E-state index in [4.69, 9.17) is 0 Å². The van der Waals surface area contributed by atoms with Crippen molar-refractivity contribution in [1.82, 2.24) is 5.32 Å². The van der Waals surface area contributed by atoms with Gasteiger partial charge in [-0.2, -0.15) is 0 Å². The van der Waals surface area contributed by atoms with Crippen molar-refractivity contribution in [2.24, 2.45) is 0 Å². The zero-order valence-corrected chi connectivity index (χ0v) is 15.7. The van der Waals surface area contributed by atoms with Gasteiger partial charge in [0.2, 0.25) is 0 Å². The number of carbonyl (C=O) groups excluding carboxylic acids is 2. The number of nitrogens with zero attached hydrogens (tertiary/aromatic N) is 1. The van der Waals surface area contributed by atoms with Crippen molar-refractivity contribution < 1.29 is 14.5 Å². The van der Waals surface area contributed by atoms with E-state index in [1.54, 1.807) is 24.3 Å². The van der Waals surface area contributed by atoms with Crippen molar-refractivity contribution in [3.8, 4) is 0 Å². The number of amides is 2. The quantitative estimate of drug-likeness (QED) is 0.484. The van der Waals surface area contributed by atoms with Crippen molar-refractivity contribution in [2.45, 2.75) is 13.0 Å². The van der Waals surface area contributed by atoms with Crippen LogP contribution in [-0.4, -0.2) is 16.7 Å². The molecule has 0 unspecified atom stereocenters. The first-order chi connectivity index (χ1) is 13.9. The molecular formula is C22H19N3O4. The SMILES string of the molecule is C[C@H](NC(=O)c1cccc(NC(=O)c2ccc([N+](=O)[O-])cc2)c1)c1ccccc1. The minimum Gasteiger partial charge on any atom is -0.346 e. The van der Waals surface area contributed by atoms with Gasteiger partial charge in [0.15, 0.2) is 0 Å². The second kappa shape index (κ2) is 8.79. The van der Waals surface area contributed by atoms with Gasteiger partial charge in [-0.25, -0.2) is 0 Å². The minimum absolute atomic E-state index is 0.0900. The van der Waals surface area contributed by atoms with Gasteiger partial charge in [0.05, 0.1) is 11.0 Å². The molecule has 0 bridgehead atoms. The van der Waals surface area contributed by atoms with Crippen molar-refractivity contribution in [2.75, 3.05) is 5.32 Å². The highest BCUT2D eigenvalue weighted by molar-refractivity contribution is 6.05. The molecule has 7 heteroatoms. The topological polar surface area (TPSA) is 101 Å². The Morgan fingerprint density at radius 2 is 1.55 bits per heavy atom. The molecule has 0 aliphatic heterocycles. The number of rotatable bonds is 6. The van der Waals surface area contributed by atoms with Gasteiger partial charge in [0.25, 0.3) is 17.5 Å². The van der Waals surface area contributed by atoms with E-state index in [0.717, 1.165) is 5.56 Å². The van der Waals surface area contributed by atoms with Crippen LogP contribution >= 0.6 is 0 Å². The molecule has 3 aromatic carbocycles. The Hall–Kier alpha value is -4.00. The molecule has 0 aromatic heterocycles. The number of non-ortho nitro benzene ring substituents is 1. The second-order valence-electron chi connectivity index (χ2n) is 6.44. The van der Waals surface area contributed by atoms with Gasteiger partial charge in [-0.15, -0.1) is 0 Å². The Morgan fingerprint density at radius 3 is 2.21 bits per heavy atom. The van der Waals surface area contributed by atoms with Gasteiger partial charge in [-0.3, -0.25) is 19.7 Å². The molecule has 1 atom stereocenters. The fraction of sp³-hybridized carbons (Fsp3) is 0.0909. The molecule has 29 heavy (non-hydrogen) atoms. The molecule has 0 fully saturated rings. The largest absolute Gasteiger partial charge is 0.346 e. The number of nitro benzene ring substituents is 1. The molecule has 0 radical (unpaired) electrons. The van der Waals surface area contributed by atoms with Crippen LogP contribution in [0.3, 0.4) is 0 Å². The van der Waals surface area contributed by atoms with Crippen LogP contribution in [0.4, 0.5) is 11.4 Å². The zero-order valence-electron chi connectivity index (χ0n) is 15.7. The fourth-order valence-electron chi connectivity index (χ4n) is 2.78. The van der Waals surface area contributed by atoms with Gasteiger partial charge in [0.1, 0.15) is 0 Å². The molecule has 0 saturated heterocycles. The monoisotopic (exact) mass is 389 g/mol. The molecule has 0 saturated carbocycles. The highest BCUT2D eigenvalue weighted by Gasteiger charge is 2.13. The molecular weight excluding hydrogens is 370 g/mol. The first-order valence-corrected chi connectivity index (χ1v) is 8.96. The number of hydrogen-bond acceptors (Lipinski definition) is 4. The standard InChI is InChI=1S/C22H19N3O4/c1-15(16-6-3-2-4-7-16)23-22(27)18-8-5-9-19(14-18)24-21(26)17-10-12-20(13-11-17)25(28)29/h2-15H,1H3,(H,23,27)(H,24,26)/t15-/m0/s1. The van der Waals surface area contributed by atoms with Crippen LogP contribution < -0.4 is 10.6 Å². The molecule has 2 amide bonds. The Morgan fingerprint density at radius 1 is 0.862 bits per heavy atom. The molecule has 3 rings (SSSR count). The van der Waals surface area contributed by atoms with Gasteiger partial charge in [0, 0.05) is 28.9 Å². The van der Waals surface area contributed by atoms with Gasteiger partial charge >= 0.3 is 0 Å². The first kappa shape index (κ1) is 19.8.